The van der Waals surface area contributed by atoms with Crippen molar-refractivity contribution in [1.29, 1.82) is 0 Å². The Hall–Kier alpha value is -3.35. The molecular formula is C27H33N3O4. The SMILES string of the molecule is COc1ccc(C(=O)N2CCN(C(=O)C3Cc4ccccc4CN3C(=O)CC(C)C)CC2)cc1. The van der Waals surface area contributed by atoms with Gasteiger partial charge in [0.1, 0.15) is 11.8 Å². The van der Waals surface area contributed by atoms with Crippen molar-refractivity contribution >= 4 is 17.7 Å². The zero-order valence-corrected chi connectivity index (χ0v) is 20.2. The van der Waals surface area contributed by atoms with Crippen LogP contribution in [-0.2, 0) is 22.6 Å². The number of methoxy groups -OCH3 is 1. The normalized spacial score (nSPS) is 18.0. The number of hydrogen-bond donors (Lipinski definition) is 0. The number of carbonyl (C=O) groups is 3. The Morgan fingerprint density at radius 2 is 1.53 bits per heavy atom. The van der Waals surface area contributed by atoms with Gasteiger partial charge < -0.3 is 19.4 Å². The van der Waals surface area contributed by atoms with Gasteiger partial charge >= 0.3 is 0 Å². The molecule has 1 unspecified atom stereocenters. The molecule has 0 N–H and O–H groups in total. The molecule has 0 aromatic heterocycles. The van der Waals surface area contributed by atoms with Crippen molar-refractivity contribution in [3.63, 3.8) is 0 Å². The summed E-state index contributed by atoms with van der Waals surface area (Å²) in [6, 6.07) is 14.6. The first-order chi connectivity index (χ1) is 16.4. The van der Waals surface area contributed by atoms with Gasteiger partial charge in [0.05, 0.1) is 7.11 Å². The van der Waals surface area contributed by atoms with E-state index in [0.717, 1.165) is 11.1 Å². The maximum Gasteiger partial charge on any atom is 0.253 e. The first-order valence-electron chi connectivity index (χ1n) is 12.0. The Labute approximate surface area is 201 Å². The Kier molecular flexibility index (Phi) is 7.20. The first-order valence-corrected chi connectivity index (χ1v) is 12.0. The second-order valence-corrected chi connectivity index (χ2v) is 9.45. The maximum atomic E-state index is 13.6. The van der Waals surface area contributed by atoms with E-state index < -0.39 is 6.04 Å². The summed E-state index contributed by atoms with van der Waals surface area (Å²) >= 11 is 0. The quantitative estimate of drug-likeness (QED) is 0.684. The van der Waals surface area contributed by atoms with Gasteiger partial charge in [-0.05, 0) is 41.3 Å². The fraction of sp³-hybridized carbons (Fsp3) is 0.444. The van der Waals surface area contributed by atoms with E-state index >= 15 is 0 Å². The van der Waals surface area contributed by atoms with Crippen molar-refractivity contribution in [1.82, 2.24) is 14.7 Å². The monoisotopic (exact) mass is 463 g/mol. The van der Waals surface area contributed by atoms with E-state index in [4.69, 9.17) is 4.74 Å². The van der Waals surface area contributed by atoms with Crippen LogP contribution in [-0.4, -0.2) is 71.8 Å². The fourth-order valence-corrected chi connectivity index (χ4v) is 4.73. The van der Waals surface area contributed by atoms with Crippen LogP contribution in [0.4, 0.5) is 0 Å². The third kappa shape index (κ3) is 5.08. The van der Waals surface area contributed by atoms with Crippen LogP contribution in [0.2, 0.25) is 0 Å². The highest BCUT2D eigenvalue weighted by atomic mass is 16.5. The topological polar surface area (TPSA) is 70.2 Å². The minimum atomic E-state index is -0.495. The minimum absolute atomic E-state index is 0.0242. The Morgan fingerprint density at radius 3 is 2.15 bits per heavy atom. The van der Waals surface area contributed by atoms with Crippen LogP contribution in [0, 0.1) is 5.92 Å². The lowest BCUT2D eigenvalue weighted by Crippen LogP contribution is -2.58. The van der Waals surface area contributed by atoms with E-state index in [1.54, 1.807) is 41.2 Å². The molecule has 7 heteroatoms. The van der Waals surface area contributed by atoms with E-state index in [0.29, 0.717) is 56.9 Å². The highest BCUT2D eigenvalue weighted by Gasteiger charge is 2.38. The number of amides is 3. The molecule has 7 nitrogen and oxygen atoms in total. The second-order valence-electron chi connectivity index (χ2n) is 9.45. The van der Waals surface area contributed by atoms with Crippen molar-refractivity contribution in [2.45, 2.75) is 39.3 Å². The molecule has 1 fully saturated rings. The molecule has 34 heavy (non-hydrogen) atoms. The van der Waals surface area contributed by atoms with E-state index in [2.05, 4.69) is 0 Å². The number of carbonyl (C=O) groups excluding carboxylic acids is 3. The molecule has 2 aromatic carbocycles. The molecule has 0 saturated carbocycles. The molecule has 4 rings (SSSR count). The molecule has 2 aromatic rings. The van der Waals surface area contributed by atoms with Crippen molar-refractivity contribution in [3.8, 4) is 5.75 Å². The summed E-state index contributed by atoms with van der Waals surface area (Å²) in [5.74, 6) is 0.889. The van der Waals surface area contributed by atoms with Crippen molar-refractivity contribution in [2.75, 3.05) is 33.3 Å². The van der Waals surface area contributed by atoms with Gasteiger partial charge in [0.2, 0.25) is 11.8 Å². The largest absolute Gasteiger partial charge is 0.497 e. The molecule has 0 spiro atoms. The maximum absolute atomic E-state index is 13.6. The van der Waals surface area contributed by atoms with Crippen molar-refractivity contribution in [3.05, 3.63) is 65.2 Å². The van der Waals surface area contributed by atoms with Crippen molar-refractivity contribution in [2.24, 2.45) is 5.92 Å². The second kappa shape index (κ2) is 10.3. The number of benzene rings is 2. The van der Waals surface area contributed by atoms with Gasteiger partial charge in [0.15, 0.2) is 0 Å². The lowest BCUT2D eigenvalue weighted by molar-refractivity contribution is -0.148. The van der Waals surface area contributed by atoms with Crippen LogP contribution < -0.4 is 4.74 Å². The Morgan fingerprint density at radius 1 is 0.912 bits per heavy atom. The van der Waals surface area contributed by atoms with Crippen molar-refractivity contribution < 1.29 is 19.1 Å². The third-order valence-corrected chi connectivity index (χ3v) is 6.65. The number of ether oxygens (including phenoxy) is 1. The molecule has 0 radical (unpaired) electrons. The standard InChI is InChI=1S/C27H33N3O4/c1-19(2)16-25(31)30-18-22-7-5-4-6-21(22)17-24(30)27(33)29-14-12-28(13-15-29)26(32)20-8-10-23(34-3)11-9-20/h4-11,19,24H,12-18H2,1-3H3. The van der Waals surface area contributed by atoms with Gasteiger partial charge in [0, 0.05) is 51.1 Å². The number of nitrogens with zero attached hydrogens (tertiary/aromatic N) is 3. The van der Waals surface area contributed by atoms with Crippen LogP contribution in [0.1, 0.15) is 41.8 Å². The summed E-state index contributed by atoms with van der Waals surface area (Å²) in [7, 11) is 1.59. The van der Waals surface area contributed by atoms with Gasteiger partial charge in [-0.1, -0.05) is 38.1 Å². The zero-order chi connectivity index (χ0) is 24.2. The van der Waals surface area contributed by atoms with E-state index in [9.17, 15) is 14.4 Å². The molecule has 2 heterocycles. The molecule has 3 amide bonds. The first kappa shape index (κ1) is 23.8. The van der Waals surface area contributed by atoms with Crippen LogP contribution in [0.3, 0.4) is 0 Å². The fourth-order valence-electron chi connectivity index (χ4n) is 4.73. The Balaban J connectivity index is 1.44. The summed E-state index contributed by atoms with van der Waals surface area (Å²) in [5.41, 5.74) is 2.84. The summed E-state index contributed by atoms with van der Waals surface area (Å²) in [4.78, 5) is 44.9. The molecule has 180 valence electrons. The molecule has 0 bridgehead atoms. The summed E-state index contributed by atoms with van der Waals surface area (Å²) in [6.45, 7) is 6.38. The van der Waals surface area contributed by atoms with Crippen LogP contribution in [0.25, 0.3) is 0 Å². The molecule has 1 saturated heterocycles. The predicted molar refractivity (Wildman–Crippen MR) is 129 cm³/mol. The highest BCUT2D eigenvalue weighted by molar-refractivity contribution is 5.94. The van der Waals surface area contributed by atoms with Gasteiger partial charge in [-0.3, -0.25) is 14.4 Å². The van der Waals surface area contributed by atoms with Gasteiger partial charge in [-0.2, -0.15) is 0 Å². The number of fused-ring (bicyclic) bond motifs is 1. The molecule has 2 aliphatic heterocycles. The Bertz CT molecular complexity index is 1040. The van der Waals surface area contributed by atoms with Gasteiger partial charge in [0.25, 0.3) is 5.91 Å². The van der Waals surface area contributed by atoms with Crippen LogP contribution in [0.5, 0.6) is 5.75 Å². The molecular weight excluding hydrogens is 430 g/mol. The minimum Gasteiger partial charge on any atom is -0.497 e. The predicted octanol–water partition coefficient (Wildman–Crippen LogP) is 2.98. The number of rotatable bonds is 5. The lowest BCUT2D eigenvalue weighted by Gasteiger charge is -2.41. The summed E-state index contributed by atoms with van der Waals surface area (Å²) in [5, 5.41) is 0. The lowest BCUT2D eigenvalue weighted by atomic mass is 9.92. The third-order valence-electron chi connectivity index (χ3n) is 6.65. The average molecular weight is 464 g/mol. The number of hydrogen-bond acceptors (Lipinski definition) is 4. The zero-order valence-electron chi connectivity index (χ0n) is 20.2. The van der Waals surface area contributed by atoms with E-state index in [1.807, 2.05) is 43.0 Å². The van der Waals surface area contributed by atoms with E-state index in [-0.39, 0.29) is 23.6 Å². The average Bonchev–Trinajstić information content (AvgIpc) is 2.86. The summed E-state index contributed by atoms with van der Waals surface area (Å²) in [6.07, 6.45) is 0.958. The van der Waals surface area contributed by atoms with Gasteiger partial charge in [-0.25, -0.2) is 0 Å². The molecule has 2 aliphatic rings. The van der Waals surface area contributed by atoms with Gasteiger partial charge in [-0.15, -0.1) is 0 Å². The smallest absolute Gasteiger partial charge is 0.253 e. The molecule has 0 aliphatic carbocycles. The number of piperazine rings is 1. The highest BCUT2D eigenvalue weighted by Crippen LogP contribution is 2.26. The van der Waals surface area contributed by atoms with Crippen LogP contribution in [0.15, 0.2) is 48.5 Å². The summed E-state index contributed by atoms with van der Waals surface area (Å²) < 4.78 is 5.16. The van der Waals surface area contributed by atoms with E-state index in [1.165, 1.54) is 0 Å². The molecule has 1 atom stereocenters. The van der Waals surface area contributed by atoms with Crippen LogP contribution >= 0.6 is 0 Å².